The van der Waals surface area contributed by atoms with Gasteiger partial charge in [-0.05, 0) is 12.8 Å². The fourth-order valence-corrected chi connectivity index (χ4v) is 1.69. The highest BCUT2D eigenvalue weighted by Crippen LogP contribution is 2.56. The SMILES string of the molecule is C=CC1(C(=O)OCCCC)CC1(N)C(=O)O. The number of carboxylic acids is 1. The van der Waals surface area contributed by atoms with Crippen LogP contribution in [0.5, 0.6) is 0 Å². The number of carboxylic acid groups (broad SMARTS) is 1. The molecule has 5 heteroatoms. The molecule has 16 heavy (non-hydrogen) atoms. The molecule has 1 fully saturated rings. The lowest BCUT2D eigenvalue weighted by Crippen LogP contribution is -2.42. The van der Waals surface area contributed by atoms with Crippen LogP contribution in [-0.4, -0.2) is 29.2 Å². The molecular formula is C11H17NO4. The maximum atomic E-state index is 11.7. The van der Waals surface area contributed by atoms with Gasteiger partial charge >= 0.3 is 11.9 Å². The molecular weight excluding hydrogens is 210 g/mol. The predicted molar refractivity (Wildman–Crippen MR) is 57.7 cm³/mol. The molecule has 0 aromatic heterocycles. The highest BCUT2D eigenvalue weighted by atomic mass is 16.5. The van der Waals surface area contributed by atoms with Crippen molar-refractivity contribution in [2.75, 3.05) is 6.61 Å². The summed E-state index contributed by atoms with van der Waals surface area (Å²) in [7, 11) is 0. The Labute approximate surface area is 94.3 Å². The topological polar surface area (TPSA) is 89.6 Å². The molecule has 90 valence electrons. The fourth-order valence-electron chi connectivity index (χ4n) is 1.69. The summed E-state index contributed by atoms with van der Waals surface area (Å²) in [5.74, 6) is -1.78. The summed E-state index contributed by atoms with van der Waals surface area (Å²) in [6.07, 6.45) is 3.00. The summed E-state index contributed by atoms with van der Waals surface area (Å²) >= 11 is 0. The lowest BCUT2D eigenvalue weighted by Gasteiger charge is -2.14. The van der Waals surface area contributed by atoms with Crippen molar-refractivity contribution in [2.24, 2.45) is 11.1 Å². The number of esters is 1. The van der Waals surface area contributed by atoms with E-state index >= 15 is 0 Å². The number of unbranched alkanes of at least 4 members (excludes halogenated alkanes) is 1. The van der Waals surface area contributed by atoms with Crippen molar-refractivity contribution in [3.63, 3.8) is 0 Å². The van der Waals surface area contributed by atoms with Crippen LogP contribution in [0, 0.1) is 5.41 Å². The van der Waals surface area contributed by atoms with Crippen LogP contribution < -0.4 is 5.73 Å². The first-order valence-electron chi connectivity index (χ1n) is 5.27. The average molecular weight is 227 g/mol. The van der Waals surface area contributed by atoms with Gasteiger partial charge in [-0.15, -0.1) is 6.58 Å². The average Bonchev–Trinajstić information content (AvgIpc) is 2.88. The van der Waals surface area contributed by atoms with Gasteiger partial charge in [0, 0.05) is 0 Å². The first kappa shape index (κ1) is 12.7. The number of hydrogen-bond acceptors (Lipinski definition) is 4. The second-order valence-corrected chi connectivity index (χ2v) is 4.12. The molecule has 2 unspecified atom stereocenters. The summed E-state index contributed by atoms with van der Waals surface area (Å²) in [5, 5.41) is 8.92. The first-order chi connectivity index (χ1) is 7.44. The number of carbonyl (C=O) groups is 2. The van der Waals surface area contributed by atoms with Crippen LogP contribution in [0.2, 0.25) is 0 Å². The zero-order valence-corrected chi connectivity index (χ0v) is 9.36. The minimum Gasteiger partial charge on any atom is -0.480 e. The van der Waals surface area contributed by atoms with Crippen molar-refractivity contribution in [1.29, 1.82) is 0 Å². The smallest absolute Gasteiger partial charge is 0.325 e. The van der Waals surface area contributed by atoms with Crippen LogP contribution in [0.1, 0.15) is 26.2 Å². The molecule has 0 spiro atoms. The number of rotatable bonds is 6. The van der Waals surface area contributed by atoms with E-state index in [0.29, 0.717) is 6.61 Å². The van der Waals surface area contributed by atoms with E-state index < -0.39 is 22.9 Å². The van der Waals surface area contributed by atoms with Gasteiger partial charge in [0.05, 0.1) is 6.61 Å². The quantitative estimate of drug-likeness (QED) is 0.396. The molecule has 0 aromatic carbocycles. The van der Waals surface area contributed by atoms with Crippen molar-refractivity contribution in [2.45, 2.75) is 31.7 Å². The van der Waals surface area contributed by atoms with E-state index in [4.69, 9.17) is 15.6 Å². The summed E-state index contributed by atoms with van der Waals surface area (Å²) < 4.78 is 4.99. The van der Waals surface area contributed by atoms with Crippen molar-refractivity contribution >= 4 is 11.9 Å². The van der Waals surface area contributed by atoms with Crippen LogP contribution in [0.3, 0.4) is 0 Å². The number of carbonyl (C=O) groups excluding carboxylic acids is 1. The Hall–Kier alpha value is -1.36. The van der Waals surface area contributed by atoms with Gasteiger partial charge in [0.1, 0.15) is 11.0 Å². The fraction of sp³-hybridized carbons (Fsp3) is 0.636. The Balaban J connectivity index is 2.67. The molecule has 1 saturated carbocycles. The molecule has 0 aromatic rings. The Bertz CT molecular complexity index is 328. The van der Waals surface area contributed by atoms with Crippen molar-refractivity contribution in [3.8, 4) is 0 Å². The van der Waals surface area contributed by atoms with E-state index in [0.717, 1.165) is 12.8 Å². The van der Waals surface area contributed by atoms with Crippen molar-refractivity contribution in [3.05, 3.63) is 12.7 Å². The number of ether oxygens (including phenoxy) is 1. The maximum absolute atomic E-state index is 11.7. The number of nitrogens with two attached hydrogens (primary N) is 1. The summed E-state index contributed by atoms with van der Waals surface area (Å²) in [6, 6.07) is 0. The highest BCUT2D eigenvalue weighted by Gasteiger charge is 2.74. The van der Waals surface area contributed by atoms with Gasteiger partial charge in [0.2, 0.25) is 0 Å². The van der Waals surface area contributed by atoms with Crippen LogP contribution in [-0.2, 0) is 14.3 Å². The summed E-state index contributed by atoms with van der Waals surface area (Å²) in [4.78, 5) is 22.6. The van der Waals surface area contributed by atoms with E-state index in [-0.39, 0.29) is 6.42 Å². The Kier molecular flexibility index (Phi) is 3.38. The third kappa shape index (κ3) is 1.71. The van der Waals surface area contributed by atoms with E-state index in [9.17, 15) is 9.59 Å². The predicted octanol–water partition coefficient (Wildman–Crippen LogP) is 0.688. The second-order valence-electron chi connectivity index (χ2n) is 4.12. The molecule has 0 bridgehead atoms. The van der Waals surface area contributed by atoms with Gasteiger partial charge in [-0.3, -0.25) is 9.59 Å². The molecule has 1 aliphatic rings. The third-order valence-corrected chi connectivity index (χ3v) is 3.05. The Morgan fingerprint density at radius 1 is 1.62 bits per heavy atom. The van der Waals surface area contributed by atoms with Crippen molar-refractivity contribution < 1.29 is 19.4 Å². The van der Waals surface area contributed by atoms with Gasteiger partial charge in [0.25, 0.3) is 0 Å². The van der Waals surface area contributed by atoms with E-state index in [1.54, 1.807) is 0 Å². The molecule has 1 aliphatic carbocycles. The van der Waals surface area contributed by atoms with Gasteiger partial charge in [0.15, 0.2) is 0 Å². The van der Waals surface area contributed by atoms with E-state index in [1.165, 1.54) is 6.08 Å². The molecule has 0 amide bonds. The van der Waals surface area contributed by atoms with E-state index in [2.05, 4.69) is 6.58 Å². The minimum absolute atomic E-state index is 0.0593. The normalized spacial score (nSPS) is 31.9. The van der Waals surface area contributed by atoms with E-state index in [1.807, 2.05) is 6.92 Å². The third-order valence-electron chi connectivity index (χ3n) is 3.05. The standard InChI is InChI=1S/C11H17NO4/c1-3-5-6-16-9(15)10(4-2)7-11(10,12)8(13)14/h4H,2-3,5-7,12H2,1H3,(H,13,14). The zero-order valence-electron chi connectivity index (χ0n) is 9.36. The molecule has 0 saturated heterocycles. The van der Waals surface area contributed by atoms with Gasteiger partial charge in [-0.1, -0.05) is 19.4 Å². The number of hydrogen-bond donors (Lipinski definition) is 2. The van der Waals surface area contributed by atoms with Gasteiger partial charge < -0.3 is 15.6 Å². The van der Waals surface area contributed by atoms with Gasteiger partial charge in [-0.25, -0.2) is 0 Å². The number of aliphatic carboxylic acids is 1. The summed E-state index contributed by atoms with van der Waals surface area (Å²) in [6.45, 7) is 5.74. The lowest BCUT2D eigenvalue weighted by atomic mass is 10.0. The molecule has 0 heterocycles. The minimum atomic E-state index is -1.54. The lowest BCUT2D eigenvalue weighted by molar-refractivity contribution is -0.152. The zero-order chi connectivity index (χ0) is 12.4. The largest absolute Gasteiger partial charge is 0.480 e. The van der Waals surface area contributed by atoms with Gasteiger partial charge in [-0.2, -0.15) is 0 Å². The molecule has 5 nitrogen and oxygen atoms in total. The molecule has 0 aliphatic heterocycles. The van der Waals surface area contributed by atoms with Crippen LogP contribution in [0.4, 0.5) is 0 Å². The Morgan fingerprint density at radius 3 is 2.62 bits per heavy atom. The highest BCUT2D eigenvalue weighted by molar-refractivity contribution is 5.98. The Morgan fingerprint density at radius 2 is 2.25 bits per heavy atom. The van der Waals surface area contributed by atoms with Crippen LogP contribution in [0.25, 0.3) is 0 Å². The molecule has 2 atom stereocenters. The molecule has 1 rings (SSSR count). The van der Waals surface area contributed by atoms with Crippen LogP contribution >= 0.6 is 0 Å². The second kappa shape index (κ2) is 4.25. The van der Waals surface area contributed by atoms with Crippen LogP contribution in [0.15, 0.2) is 12.7 Å². The monoisotopic (exact) mass is 227 g/mol. The summed E-state index contributed by atoms with van der Waals surface area (Å²) in [5.41, 5.74) is 2.83. The van der Waals surface area contributed by atoms with Crippen molar-refractivity contribution in [1.82, 2.24) is 0 Å². The molecule has 3 N–H and O–H groups in total. The first-order valence-corrected chi connectivity index (χ1v) is 5.27. The molecule has 0 radical (unpaired) electrons. The maximum Gasteiger partial charge on any atom is 0.325 e.